The second-order valence-corrected chi connectivity index (χ2v) is 4.87. The van der Waals surface area contributed by atoms with Crippen molar-refractivity contribution in [2.24, 2.45) is 0 Å². The van der Waals surface area contributed by atoms with Crippen molar-refractivity contribution in [3.8, 4) is 11.8 Å². The first-order valence-corrected chi connectivity index (χ1v) is 6.72. The molecule has 1 atom stereocenters. The summed E-state index contributed by atoms with van der Waals surface area (Å²) in [4.78, 5) is 0. The summed E-state index contributed by atoms with van der Waals surface area (Å²) >= 11 is 0. The van der Waals surface area contributed by atoms with E-state index in [0.717, 1.165) is 12.0 Å². The zero-order chi connectivity index (χ0) is 15.2. The van der Waals surface area contributed by atoms with Gasteiger partial charge in [-0.3, -0.25) is 0 Å². The van der Waals surface area contributed by atoms with Crippen LogP contribution in [0.1, 0.15) is 18.1 Å². The molecule has 0 bridgehead atoms. The lowest BCUT2D eigenvalue weighted by Crippen LogP contribution is -2.19. The summed E-state index contributed by atoms with van der Waals surface area (Å²) in [6, 6.07) is 14.0. The van der Waals surface area contributed by atoms with Crippen molar-refractivity contribution >= 4 is 5.69 Å². The van der Waals surface area contributed by atoms with E-state index in [1.807, 2.05) is 13.0 Å². The lowest BCUT2D eigenvalue weighted by molar-refractivity contribution is 0.416. The molecule has 1 N–H and O–H groups in total. The van der Waals surface area contributed by atoms with Gasteiger partial charge in [-0.1, -0.05) is 18.2 Å². The predicted molar refractivity (Wildman–Crippen MR) is 80.9 cm³/mol. The molecule has 3 nitrogen and oxygen atoms in total. The van der Waals surface area contributed by atoms with Crippen molar-refractivity contribution in [2.75, 3.05) is 12.4 Å². The molecule has 0 spiro atoms. The highest BCUT2D eigenvalue weighted by Gasteiger charge is 2.12. The maximum Gasteiger partial charge on any atom is 0.143 e. The van der Waals surface area contributed by atoms with Crippen LogP contribution in [0.5, 0.6) is 5.75 Å². The van der Waals surface area contributed by atoms with Gasteiger partial charge < -0.3 is 10.1 Å². The van der Waals surface area contributed by atoms with Crippen molar-refractivity contribution in [3.63, 3.8) is 0 Å². The Bertz CT molecular complexity index is 647. The van der Waals surface area contributed by atoms with Crippen LogP contribution in [0.3, 0.4) is 0 Å². The van der Waals surface area contributed by atoms with Crippen molar-refractivity contribution in [1.82, 2.24) is 0 Å². The number of hydrogen-bond donors (Lipinski definition) is 1. The lowest BCUT2D eigenvalue weighted by Gasteiger charge is -2.18. The largest absolute Gasteiger partial charge is 0.495 e. The maximum absolute atomic E-state index is 12.9. The highest BCUT2D eigenvalue weighted by Crippen LogP contribution is 2.28. The topological polar surface area (TPSA) is 45.0 Å². The summed E-state index contributed by atoms with van der Waals surface area (Å²) in [5.74, 6) is 0.399. The summed E-state index contributed by atoms with van der Waals surface area (Å²) < 4.78 is 18.2. The molecule has 1 unspecified atom stereocenters. The van der Waals surface area contributed by atoms with Crippen LogP contribution >= 0.6 is 0 Å². The number of anilines is 1. The van der Waals surface area contributed by atoms with Gasteiger partial charge in [0.15, 0.2) is 0 Å². The van der Waals surface area contributed by atoms with Crippen molar-refractivity contribution in [2.45, 2.75) is 19.4 Å². The van der Waals surface area contributed by atoms with Crippen LogP contribution in [-0.4, -0.2) is 13.2 Å². The van der Waals surface area contributed by atoms with E-state index in [-0.39, 0.29) is 11.9 Å². The lowest BCUT2D eigenvalue weighted by atomic mass is 10.1. The number of ether oxygens (including phenoxy) is 1. The first-order valence-electron chi connectivity index (χ1n) is 6.72. The second kappa shape index (κ2) is 6.76. The van der Waals surface area contributed by atoms with Crippen LogP contribution in [-0.2, 0) is 6.42 Å². The maximum atomic E-state index is 12.9. The minimum Gasteiger partial charge on any atom is -0.495 e. The van der Waals surface area contributed by atoms with Gasteiger partial charge in [0.2, 0.25) is 0 Å². The van der Waals surface area contributed by atoms with Crippen LogP contribution < -0.4 is 10.1 Å². The van der Waals surface area contributed by atoms with E-state index in [2.05, 4.69) is 11.4 Å². The zero-order valence-corrected chi connectivity index (χ0v) is 12.1. The van der Waals surface area contributed by atoms with Gasteiger partial charge in [0.05, 0.1) is 18.4 Å². The molecule has 2 aromatic rings. The molecule has 108 valence electrons. The van der Waals surface area contributed by atoms with E-state index in [1.54, 1.807) is 31.4 Å². The summed E-state index contributed by atoms with van der Waals surface area (Å²) in [7, 11) is 1.58. The standard InChI is InChI=1S/C17H17FN2O/c1-12(10-13-6-8-15(18)9-7-13)20-17-14(11-19)4-3-5-16(17)21-2/h3-9,12,20H,10H2,1-2H3. The number of para-hydroxylation sites is 1. The number of halogens is 1. The molecule has 0 aliphatic carbocycles. The number of benzene rings is 2. The van der Waals surface area contributed by atoms with Gasteiger partial charge in [-0.05, 0) is 43.2 Å². The molecule has 0 amide bonds. The van der Waals surface area contributed by atoms with Gasteiger partial charge in [-0.2, -0.15) is 5.26 Å². The summed E-state index contributed by atoms with van der Waals surface area (Å²) in [6.45, 7) is 2.01. The monoisotopic (exact) mass is 284 g/mol. The number of hydrogen-bond acceptors (Lipinski definition) is 3. The Labute approximate surface area is 124 Å². The number of rotatable bonds is 5. The molecule has 2 rings (SSSR count). The Balaban J connectivity index is 2.14. The molecular weight excluding hydrogens is 267 g/mol. The Kier molecular flexibility index (Phi) is 4.78. The third-order valence-electron chi connectivity index (χ3n) is 3.21. The fourth-order valence-corrected chi connectivity index (χ4v) is 2.21. The summed E-state index contributed by atoms with van der Waals surface area (Å²) in [6.07, 6.45) is 0.725. The molecule has 0 aliphatic heterocycles. The second-order valence-electron chi connectivity index (χ2n) is 4.87. The van der Waals surface area contributed by atoms with Crippen molar-refractivity contribution < 1.29 is 9.13 Å². The quantitative estimate of drug-likeness (QED) is 0.909. The molecule has 0 fully saturated rings. The van der Waals surface area contributed by atoms with Crippen LogP contribution in [0.15, 0.2) is 42.5 Å². The fourth-order valence-electron chi connectivity index (χ4n) is 2.21. The molecule has 21 heavy (non-hydrogen) atoms. The van der Waals surface area contributed by atoms with Gasteiger partial charge in [0.25, 0.3) is 0 Å². The molecule has 0 aromatic heterocycles. The average molecular weight is 284 g/mol. The van der Waals surface area contributed by atoms with E-state index in [4.69, 9.17) is 4.74 Å². The third-order valence-corrected chi connectivity index (χ3v) is 3.21. The number of nitrogens with zero attached hydrogens (tertiary/aromatic N) is 1. The molecule has 0 aliphatic rings. The van der Waals surface area contributed by atoms with E-state index in [1.165, 1.54) is 12.1 Å². The van der Waals surface area contributed by atoms with Gasteiger partial charge in [-0.15, -0.1) is 0 Å². The number of nitriles is 1. The molecule has 0 radical (unpaired) electrons. The average Bonchev–Trinajstić information content (AvgIpc) is 2.49. The third kappa shape index (κ3) is 3.73. The van der Waals surface area contributed by atoms with Crippen LogP contribution in [0.4, 0.5) is 10.1 Å². The SMILES string of the molecule is COc1cccc(C#N)c1NC(C)Cc1ccc(F)cc1. The van der Waals surface area contributed by atoms with Gasteiger partial charge in [0.1, 0.15) is 17.6 Å². The van der Waals surface area contributed by atoms with Gasteiger partial charge >= 0.3 is 0 Å². The highest BCUT2D eigenvalue weighted by atomic mass is 19.1. The Hall–Kier alpha value is -2.54. The normalized spacial score (nSPS) is 11.5. The van der Waals surface area contributed by atoms with Crippen molar-refractivity contribution in [3.05, 3.63) is 59.4 Å². The molecule has 0 saturated carbocycles. The van der Waals surface area contributed by atoms with Crippen molar-refractivity contribution in [1.29, 1.82) is 5.26 Å². The van der Waals surface area contributed by atoms with E-state index in [9.17, 15) is 9.65 Å². The molecular formula is C17H17FN2O. The Morgan fingerprint density at radius 3 is 2.57 bits per heavy atom. The van der Waals surface area contributed by atoms with Crippen LogP contribution in [0, 0.1) is 17.1 Å². The minimum absolute atomic E-state index is 0.0823. The minimum atomic E-state index is -0.240. The number of methoxy groups -OCH3 is 1. The molecule has 0 saturated heterocycles. The van der Waals surface area contributed by atoms with Crippen LogP contribution in [0.2, 0.25) is 0 Å². The first-order chi connectivity index (χ1) is 10.1. The molecule has 0 heterocycles. The van der Waals surface area contributed by atoms with Gasteiger partial charge in [0, 0.05) is 6.04 Å². The number of nitrogens with one attached hydrogen (secondary N) is 1. The van der Waals surface area contributed by atoms with Gasteiger partial charge in [-0.25, -0.2) is 4.39 Å². The smallest absolute Gasteiger partial charge is 0.143 e. The predicted octanol–water partition coefficient (Wildman–Crippen LogP) is 3.75. The fraction of sp³-hybridized carbons (Fsp3) is 0.235. The summed E-state index contributed by atoms with van der Waals surface area (Å²) in [5.41, 5.74) is 2.27. The summed E-state index contributed by atoms with van der Waals surface area (Å²) in [5, 5.41) is 12.5. The Morgan fingerprint density at radius 2 is 1.95 bits per heavy atom. The van der Waals surface area contributed by atoms with E-state index >= 15 is 0 Å². The molecule has 2 aromatic carbocycles. The highest BCUT2D eigenvalue weighted by molar-refractivity contribution is 5.66. The van der Waals surface area contributed by atoms with E-state index in [0.29, 0.717) is 17.0 Å². The van der Waals surface area contributed by atoms with Crippen LogP contribution in [0.25, 0.3) is 0 Å². The Morgan fingerprint density at radius 1 is 1.24 bits per heavy atom. The first kappa shape index (κ1) is 14.9. The zero-order valence-electron chi connectivity index (χ0n) is 12.1. The van der Waals surface area contributed by atoms with E-state index < -0.39 is 0 Å². The molecule has 4 heteroatoms.